The maximum Gasteiger partial charge on any atom is 0.323 e. The number of nitrogens with one attached hydrogen (secondary N) is 1. The van der Waals surface area contributed by atoms with Gasteiger partial charge in [-0.05, 0) is 27.2 Å². The number of rotatable bonds is 5. The number of aliphatic carboxylic acids is 1. The average Bonchev–Trinajstić information content (AvgIpc) is 2.12. The summed E-state index contributed by atoms with van der Waals surface area (Å²) in [6.45, 7) is 7.79. The highest BCUT2D eigenvalue weighted by Crippen LogP contribution is 2.12. The number of hydrogen-bond donors (Lipinski definition) is 2. The molecule has 0 unspecified atom stereocenters. The van der Waals surface area contributed by atoms with E-state index in [9.17, 15) is 9.59 Å². The fourth-order valence-corrected chi connectivity index (χ4v) is 1.22. The van der Waals surface area contributed by atoms with Crippen molar-refractivity contribution in [1.82, 2.24) is 10.2 Å². The van der Waals surface area contributed by atoms with E-state index in [-0.39, 0.29) is 12.6 Å². The standard InChI is InChI=1S/C11H22N2O3/c1-5-6-7-12-10(16)13(8-9(14)15)11(2,3)4/h5-8H2,1-4H3,(H,12,16)(H,14,15). The lowest BCUT2D eigenvalue weighted by Crippen LogP contribution is -2.52. The summed E-state index contributed by atoms with van der Waals surface area (Å²) >= 11 is 0. The van der Waals surface area contributed by atoms with Gasteiger partial charge in [-0.1, -0.05) is 13.3 Å². The Hall–Kier alpha value is -1.26. The van der Waals surface area contributed by atoms with Crippen molar-refractivity contribution in [2.45, 2.75) is 46.1 Å². The molecular weight excluding hydrogens is 208 g/mol. The van der Waals surface area contributed by atoms with Crippen molar-refractivity contribution in [3.05, 3.63) is 0 Å². The summed E-state index contributed by atoms with van der Waals surface area (Å²) in [7, 11) is 0. The summed E-state index contributed by atoms with van der Waals surface area (Å²) in [6.07, 6.45) is 1.89. The second-order valence-corrected chi connectivity index (χ2v) is 4.74. The minimum atomic E-state index is -0.999. The Morgan fingerprint density at radius 1 is 1.31 bits per heavy atom. The number of urea groups is 1. The molecule has 94 valence electrons. The highest BCUT2D eigenvalue weighted by atomic mass is 16.4. The monoisotopic (exact) mass is 230 g/mol. The van der Waals surface area contributed by atoms with Gasteiger partial charge in [-0.3, -0.25) is 4.79 Å². The number of carbonyl (C=O) groups is 2. The molecule has 0 spiro atoms. The molecule has 5 nitrogen and oxygen atoms in total. The lowest BCUT2D eigenvalue weighted by molar-refractivity contribution is -0.138. The van der Waals surface area contributed by atoms with Gasteiger partial charge in [0.25, 0.3) is 0 Å². The predicted molar refractivity (Wildman–Crippen MR) is 62.4 cm³/mol. The van der Waals surface area contributed by atoms with Crippen LogP contribution in [0.5, 0.6) is 0 Å². The van der Waals surface area contributed by atoms with Gasteiger partial charge in [0.15, 0.2) is 0 Å². The third-order valence-electron chi connectivity index (χ3n) is 2.15. The first-order valence-corrected chi connectivity index (χ1v) is 5.56. The Morgan fingerprint density at radius 2 is 1.88 bits per heavy atom. The largest absolute Gasteiger partial charge is 0.480 e. The van der Waals surface area contributed by atoms with Gasteiger partial charge in [-0.2, -0.15) is 0 Å². The predicted octanol–water partition coefficient (Wildman–Crippen LogP) is 1.68. The number of carbonyl (C=O) groups excluding carboxylic acids is 1. The quantitative estimate of drug-likeness (QED) is 0.706. The number of amides is 2. The van der Waals surface area contributed by atoms with Crippen LogP contribution in [0.2, 0.25) is 0 Å². The lowest BCUT2D eigenvalue weighted by atomic mass is 10.1. The molecule has 16 heavy (non-hydrogen) atoms. The minimum Gasteiger partial charge on any atom is -0.480 e. The fraction of sp³-hybridized carbons (Fsp3) is 0.818. The topological polar surface area (TPSA) is 69.6 Å². The normalized spacial score (nSPS) is 11.0. The maximum atomic E-state index is 11.8. The van der Waals surface area contributed by atoms with E-state index in [1.807, 2.05) is 27.7 Å². The molecule has 5 heteroatoms. The van der Waals surface area contributed by atoms with Gasteiger partial charge in [-0.25, -0.2) is 4.79 Å². The summed E-state index contributed by atoms with van der Waals surface area (Å²) in [4.78, 5) is 23.7. The number of carboxylic acid groups (broad SMARTS) is 1. The minimum absolute atomic E-state index is 0.276. The van der Waals surface area contributed by atoms with Crippen molar-refractivity contribution in [2.75, 3.05) is 13.1 Å². The first kappa shape index (κ1) is 14.7. The van der Waals surface area contributed by atoms with Gasteiger partial charge in [0, 0.05) is 12.1 Å². The zero-order valence-corrected chi connectivity index (χ0v) is 10.5. The molecule has 0 atom stereocenters. The van der Waals surface area contributed by atoms with Gasteiger partial charge in [-0.15, -0.1) is 0 Å². The molecule has 0 aliphatic heterocycles. The van der Waals surface area contributed by atoms with Crippen molar-refractivity contribution < 1.29 is 14.7 Å². The van der Waals surface area contributed by atoms with Crippen LogP contribution in [-0.4, -0.2) is 40.6 Å². The van der Waals surface area contributed by atoms with E-state index in [2.05, 4.69) is 5.32 Å². The van der Waals surface area contributed by atoms with Crippen LogP contribution in [0.4, 0.5) is 4.79 Å². The highest BCUT2D eigenvalue weighted by Gasteiger charge is 2.27. The molecule has 0 aromatic rings. The van der Waals surface area contributed by atoms with Crippen molar-refractivity contribution in [3.8, 4) is 0 Å². The van der Waals surface area contributed by atoms with Gasteiger partial charge < -0.3 is 15.3 Å². The smallest absolute Gasteiger partial charge is 0.323 e. The molecule has 0 rings (SSSR count). The molecule has 0 aliphatic rings. The van der Waals surface area contributed by atoms with E-state index >= 15 is 0 Å². The van der Waals surface area contributed by atoms with Gasteiger partial charge in [0.05, 0.1) is 0 Å². The molecule has 0 heterocycles. The molecule has 0 aliphatic carbocycles. The first-order chi connectivity index (χ1) is 7.29. The Balaban J connectivity index is 4.39. The molecular formula is C11H22N2O3. The second kappa shape index (κ2) is 6.35. The molecule has 0 saturated heterocycles. The Morgan fingerprint density at radius 3 is 2.25 bits per heavy atom. The van der Waals surface area contributed by atoms with Crippen LogP contribution >= 0.6 is 0 Å². The first-order valence-electron chi connectivity index (χ1n) is 5.56. The van der Waals surface area contributed by atoms with E-state index in [1.54, 1.807) is 0 Å². The SMILES string of the molecule is CCCCNC(=O)N(CC(=O)O)C(C)(C)C. The number of hydrogen-bond acceptors (Lipinski definition) is 2. The van der Waals surface area contributed by atoms with E-state index in [0.29, 0.717) is 6.54 Å². The van der Waals surface area contributed by atoms with Crippen molar-refractivity contribution in [1.29, 1.82) is 0 Å². The molecule has 0 fully saturated rings. The van der Waals surface area contributed by atoms with Gasteiger partial charge in [0.2, 0.25) is 0 Å². The van der Waals surface area contributed by atoms with Crippen molar-refractivity contribution >= 4 is 12.0 Å². The molecule has 0 aromatic heterocycles. The average molecular weight is 230 g/mol. The summed E-state index contributed by atoms with van der Waals surface area (Å²) in [5.41, 5.74) is -0.491. The van der Waals surface area contributed by atoms with E-state index in [1.165, 1.54) is 4.90 Å². The van der Waals surface area contributed by atoms with Gasteiger partial charge in [0.1, 0.15) is 6.54 Å². The molecule has 2 N–H and O–H groups in total. The summed E-state index contributed by atoms with van der Waals surface area (Å²) < 4.78 is 0. The Labute approximate surface area is 96.8 Å². The third-order valence-corrected chi connectivity index (χ3v) is 2.15. The maximum absolute atomic E-state index is 11.8. The second-order valence-electron chi connectivity index (χ2n) is 4.74. The summed E-state index contributed by atoms with van der Waals surface area (Å²) in [5, 5.41) is 11.5. The molecule has 0 bridgehead atoms. The summed E-state index contributed by atoms with van der Waals surface area (Å²) in [5.74, 6) is -0.999. The van der Waals surface area contributed by atoms with Crippen LogP contribution in [0.15, 0.2) is 0 Å². The Bertz CT molecular complexity index is 246. The van der Waals surface area contributed by atoms with Crippen LogP contribution in [0.1, 0.15) is 40.5 Å². The van der Waals surface area contributed by atoms with Crippen LogP contribution in [0.25, 0.3) is 0 Å². The fourth-order valence-electron chi connectivity index (χ4n) is 1.22. The number of unbranched alkanes of at least 4 members (excludes halogenated alkanes) is 1. The highest BCUT2D eigenvalue weighted by molar-refractivity contribution is 5.80. The molecule has 0 saturated carbocycles. The zero-order chi connectivity index (χ0) is 12.8. The number of nitrogens with zero attached hydrogens (tertiary/aromatic N) is 1. The van der Waals surface area contributed by atoms with Crippen LogP contribution < -0.4 is 5.32 Å². The van der Waals surface area contributed by atoms with Crippen molar-refractivity contribution in [3.63, 3.8) is 0 Å². The molecule has 0 radical (unpaired) electrons. The molecule has 0 aromatic carbocycles. The zero-order valence-electron chi connectivity index (χ0n) is 10.5. The van der Waals surface area contributed by atoms with Crippen LogP contribution in [-0.2, 0) is 4.79 Å². The van der Waals surface area contributed by atoms with Crippen LogP contribution in [0.3, 0.4) is 0 Å². The van der Waals surface area contributed by atoms with Gasteiger partial charge >= 0.3 is 12.0 Å². The lowest BCUT2D eigenvalue weighted by Gasteiger charge is -2.34. The van der Waals surface area contributed by atoms with Crippen LogP contribution in [0, 0.1) is 0 Å². The van der Waals surface area contributed by atoms with E-state index in [0.717, 1.165) is 12.8 Å². The third kappa shape index (κ3) is 5.58. The van der Waals surface area contributed by atoms with Crippen molar-refractivity contribution in [2.24, 2.45) is 0 Å². The molecule has 2 amide bonds. The number of carboxylic acids is 1. The Kier molecular flexibility index (Phi) is 5.85. The van der Waals surface area contributed by atoms with E-state index in [4.69, 9.17) is 5.11 Å². The van der Waals surface area contributed by atoms with E-state index < -0.39 is 11.5 Å². The summed E-state index contributed by atoms with van der Waals surface area (Å²) in [6, 6.07) is -0.316.